The van der Waals surface area contributed by atoms with E-state index in [0.29, 0.717) is 11.8 Å². The van der Waals surface area contributed by atoms with Crippen LogP contribution in [0, 0.1) is 5.92 Å². The van der Waals surface area contributed by atoms with Gasteiger partial charge in [-0.25, -0.2) is 0 Å². The van der Waals surface area contributed by atoms with Crippen molar-refractivity contribution in [3.05, 3.63) is 36.1 Å². The second kappa shape index (κ2) is 5.11. The van der Waals surface area contributed by atoms with Gasteiger partial charge < -0.3 is 9.73 Å². The molecule has 0 saturated carbocycles. The van der Waals surface area contributed by atoms with E-state index in [1.807, 2.05) is 6.07 Å². The van der Waals surface area contributed by atoms with Crippen molar-refractivity contribution in [2.75, 3.05) is 13.1 Å². The predicted molar refractivity (Wildman–Crippen MR) is 72.9 cm³/mol. The number of hydrogen-bond donors (Lipinski definition) is 1. The van der Waals surface area contributed by atoms with Crippen molar-refractivity contribution < 1.29 is 4.42 Å². The highest BCUT2D eigenvalue weighted by molar-refractivity contribution is 5.85. The van der Waals surface area contributed by atoms with Crippen LogP contribution in [-0.2, 0) is 0 Å². The third kappa shape index (κ3) is 2.20. The van der Waals surface area contributed by atoms with Gasteiger partial charge >= 0.3 is 0 Å². The summed E-state index contributed by atoms with van der Waals surface area (Å²) in [5.74, 6) is 1.32. The van der Waals surface area contributed by atoms with Gasteiger partial charge in [0.15, 0.2) is 0 Å². The van der Waals surface area contributed by atoms with Gasteiger partial charge in [0.1, 0.15) is 5.58 Å². The molecular weight excluding hydrogens is 234 g/mol. The molecule has 1 saturated heterocycles. The van der Waals surface area contributed by atoms with Gasteiger partial charge in [-0.15, -0.1) is 12.4 Å². The van der Waals surface area contributed by atoms with E-state index in [9.17, 15) is 0 Å². The lowest BCUT2D eigenvalue weighted by Gasteiger charge is -2.29. The largest absolute Gasteiger partial charge is 0.464 e. The molecule has 3 rings (SSSR count). The Balaban J connectivity index is 0.00000108. The first-order valence-electron chi connectivity index (χ1n) is 6.03. The number of para-hydroxylation sites is 1. The zero-order valence-corrected chi connectivity index (χ0v) is 10.8. The maximum absolute atomic E-state index is 5.63. The van der Waals surface area contributed by atoms with E-state index in [-0.39, 0.29) is 12.4 Å². The molecular formula is C14H18ClNO. The molecule has 3 heteroatoms. The van der Waals surface area contributed by atoms with Crippen molar-refractivity contribution in [3.63, 3.8) is 0 Å². The fourth-order valence-corrected chi connectivity index (χ4v) is 2.78. The summed E-state index contributed by atoms with van der Waals surface area (Å²) < 4.78 is 5.63. The van der Waals surface area contributed by atoms with Gasteiger partial charge in [0, 0.05) is 5.39 Å². The zero-order chi connectivity index (χ0) is 11.0. The molecule has 0 unspecified atom stereocenters. The topological polar surface area (TPSA) is 25.2 Å². The van der Waals surface area contributed by atoms with Crippen LogP contribution in [0.4, 0.5) is 0 Å². The van der Waals surface area contributed by atoms with E-state index in [4.69, 9.17) is 4.42 Å². The van der Waals surface area contributed by atoms with E-state index in [0.717, 1.165) is 18.7 Å². The Hall–Kier alpha value is -0.990. The number of piperidine rings is 1. The Morgan fingerprint density at radius 3 is 3.00 bits per heavy atom. The van der Waals surface area contributed by atoms with E-state index in [1.54, 1.807) is 6.26 Å². The summed E-state index contributed by atoms with van der Waals surface area (Å²) in [7, 11) is 0. The van der Waals surface area contributed by atoms with Crippen molar-refractivity contribution in [3.8, 4) is 0 Å². The van der Waals surface area contributed by atoms with Gasteiger partial charge in [-0.05, 0) is 43.0 Å². The van der Waals surface area contributed by atoms with Crippen LogP contribution in [0.2, 0.25) is 0 Å². The third-order valence-electron chi connectivity index (χ3n) is 3.69. The van der Waals surface area contributed by atoms with Crippen LogP contribution in [0.5, 0.6) is 0 Å². The van der Waals surface area contributed by atoms with E-state index < -0.39 is 0 Å². The number of hydrogen-bond acceptors (Lipinski definition) is 2. The summed E-state index contributed by atoms with van der Waals surface area (Å²) in [6.45, 7) is 4.55. The maximum atomic E-state index is 5.63. The number of furan rings is 1. The zero-order valence-electron chi connectivity index (χ0n) is 9.98. The molecule has 2 heterocycles. The van der Waals surface area contributed by atoms with E-state index in [2.05, 4.69) is 30.4 Å². The van der Waals surface area contributed by atoms with E-state index in [1.165, 1.54) is 17.4 Å². The van der Waals surface area contributed by atoms with Crippen LogP contribution in [0.15, 0.2) is 34.9 Å². The molecule has 17 heavy (non-hydrogen) atoms. The van der Waals surface area contributed by atoms with Crippen molar-refractivity contribution in [2.45, 2.75) is 19.3 Å². The van der Waals surface area contributed by atoms with Crippen LogP contribution < -0.4 is 5.32 Å². The summed E-state index contributed by atoms with van der Waals surface area (Å²) in [5.41, 5.74) is 2.47. The molecule has 1 aliphatic rings. The molecule has 1 aromatic carbocycles. The first-order chi connectivity index (χ1) is 7.86. The molecule has 1 N–H and O–H groups in total. The average Bonchev–Trinajstić information content (AvgIpc) is 2.77. The molecule has 0 aliphatic carbocycles. The Morgan fingerprint density at radius 1 is 1.29 bits per heavy atom. The smallest absolute Gasteiger partial charge is 0.137 e. The summed E-state index contributed by atoms with van der Waals surface area (Å²) >= 11 is 0. The normalized spacial score (nSPS) is 24.5. The fourth-order valence-electron chi connectivity index (χ4n) is 2.78. The van der Waals surface area contributed by atoms with Gasteiger partial charge in [-0.1, -0.05) is 25.1 Å². The van der Waals surface area contributed by atoms with Gasteiger partial charge in [-0.3, -0.25) is 0 Å². The molecule has 1 aromatic heterocycles. The maximum Gasteiger partial charge on any atom is 0.137 e. The van der Waals surface area contributed by atoms with Gasteiger partial charge in [0.25, 0.3) is 0 Å². The fraction of sp³-hybridized carbons (Fsp3) is 0.429. The molecule has 2 atom stereocenters. The molecule has 1 aliphatic heterocycles. The molecule has 1 fully saturated rings. The lowest BCUT2D eigenvalue weighted by Crippen LogP contribution is -2.33. The minimum absolute atomic E-state index is 0. The first kappa shape index (κ1) is 12.5. The Morgan fingerprint density at radius 2 is 2.18 bits per heavy atom. The quantitative estimate of drug-likeness (QED) is 0.838. The molecule has 0 radical (unpaired) electrons. The Labute approximate surface area is 108 Å². The Bertz CT molecular complexity index is 494. The van der Waals surface area contributed by atoms with Crippen LogP contribution in [0.3, 0.4) is 0 Å². The van der Waals surface area contributed by atoms with Crippen molar-refractivity contribution in [1.29, 1.82) is 0 Å². The summed E-state index contributed by atoms with van der Waals surface area (Å²) in [6.07, 6.45) is 3.00. The number of fused-ring (bicyclic) bond motifs is 1. The highest BCUT2D eigenvalue weighted by Gasteiger charge is 2.24. The minimum atomic E-state index is 0. The number of halogens is 1. The SMILES string of the molecule is C[C@H]1CNCC[C@H]1c1cccc2ccoc12.Cl. The van der Waals surface area contributed by atoms with E-state index >= 15 is 0 Å². The first-order valence-corrected chi connectivity index (χ1v) is 6.03. The van der Waals surface area contributed by atoms with Crippen LogP contribution in [-0.4, -0.2) is 13.1 Å². The molecule has 2 nitrogen and oxygen atoms in total. The number of benzene rings is 1. The lowest BCUT2D eigenvalue weighted by molar-refractivity contribution is 0.349. The van der Waals surface area contributed by atoms with Gasteiger partial charge in [0.2, 0.25) is 0 Å². The van der Waals surface area contributed by atoms with Crippen LogP contribution >= 0.6 is 12.4 Å². The standard InChI is InChI=1S/C14H17NO.ClH/c1-10-9-15-7-5-12(10)13-4-2-3-11-6-8-16-14(11)13;/h2-4,6,8,10,12,15H,5,7,9H2,1H3;1H/t10-,12+;/m0./s1. The van der Waals surface area contributed by atoms with Crippen molar-refractivity contribution in [1.82, 2.24) is 5.32 Å². The highest BCUT2D eigenvalue weighted by Crippen LogP contribution is 2.34. The second-order valence-electron chi connectivity index (χ2n) is 4.76. The van der Waals surface area contributed by atoms with Crippen LogP contribution in [0.1, 0.15) is 24.8 Å². The molecule has 2 aromatic rings. The molecule has 0 amide bonds. The van der Waals surface area contributed by atoms with Gasteiger partial charge in [-0.2, -0.15) is 0 Å². The highest BCUT2D eigenvalue weighted by atomic mass is 35.5. The monoisotopic (exact) mass is 251 g/mol. The third-order valence-corrected chi connectivity index (χ3v) is 3.69. The predicted octanol–water partition coefficient (Wildman–Crippen LogP) is 3.57. The minimum Gasteiger partial charge on any atom is -0.464 e. The summed E-state index contributed by atoms with van der Waals surface area (Å²) in [4.78, 5) is 0. The van der Waals surface area contributed by atoms with Crippen molar-refractivity contribution in [2.24, 2.45) is 5.92 Å². The second-order valence-corrected chi connectivity index (χ2v) is 4.76. The lowest BCUT2D eigenvalue weighted by atomic mass is 9.82. The van der Waals surface area contributed by atoms with Crippen molar-refractivity contribution >= 4 is 23.4 Å². The number of nitrogens with one attached hydrogen (secondary N) is 1. The van der Waals surface area contributed by atoms with Gasteiger partial charge in [0.05, 0.1) is 6.26 Å². The summed E-state index contributed by atoms with van der Waals surface area (Å²) in [6, 6.07) is 8.53. The summed E-state index contributed by atoms with van der Waals surface area (Å²) in [5, 5.41) is 4.67. The number of rotatable bonds is 1. The molecule has 92 valence electrons. The average molecular weight is 252 g/mol. The Kier molecular flexibility index (Phi) is 3.75. The van der Waals surface area contributed by atoms with Crippen LogP contribution in [0.25, 0.3) is 11.0 Å². The molecule has 0 bridgehead atoms. The molecule has 0 spiro atoms.